The van der Waals surface area contributed by atoms with E-state index in [1.54, 1.807) is 0 Å². The molecule has 0 bridgehead atoms. The number of carbonyl (C=O) groups is 1. The molecule has 164 valence electrons. The van der Waals surface area contributed by atoms with Crippen LogP contribution in [0.15, 0.2) is 46.9 Å². The molecule has 2 aromatic carbocycles. The third-order valence-electron chi connectivity index (χ3n) is 5.04. The van der Waals surface area contributed by atoms with Crippen LogP contribution in [0.4, 0.5) is 11.7 Å². The smallest absolute Gasteiger partial charge is 0.295 e. The Balaban J connectivity index is 1.28. The molecule has 0 radical (unpaired) electrons. The highest BCUT2D eigenvalue weighted by Gasteiger charge is 2.10. The zero-order valence-electron chi connectivity index (χ0n) is 17.7. The van der Waals surface area contributed by atoms with Gasteiger partial charge in [-0.2, -0.15) is 4.98 Å². The zero-order valence-corrected chi connectivity index (χ0v) is 17.7. The molecule has 0 spiro atoms. The predicted molar refractivity (Wildman–Crippen MR) is 119 cm³/mol. The molecule has 1 fully saturated rings. The number of ether oxygens (including phenoxy) is 2. The van der Waals surface area contributed by atoms with Crippen LogP contribution in [0.3, 0.4) is 0 Å². The van der Waals surface area contributed by atoms with Crippen LogP contribution in [0.1, 0.15) is 18.9 Å². The molecule has 0 saturated carbocycles. The van der Waals surface area contributed by atoms with Crippen LogP contribution in [0.5, 0.6) is 5.75 Å². The molecular formula is C23H28N4O4. The number of anilines is 2. The van der Waals surface area contributed by atoms with Gasteiger partial charge in [0.15, 0.2) is 5.58 Å². The number of amides is 1. The predicted octanol–water partition coefficient (Wildman–Crippen LogP) is 3.50. The van der Waals surface area contributed by atoms with Crippen LogP contribution in [-0.2, 0) is 16.1 Å². The van der Waals surface area contributed by atoms with E-state index in [0.29, 0.717) is 24.0 Å². The topological polar surface area (TPSA) is 88.9 Å². The minimum absolute atomic E-state index is 0.0978. The number of fused-ring (bicyclic) bond motifs is 1. The molecule has 1 saturated heterocycles. The number of hydrogen-bond donors (Lipinski definition) is 2. The molecule has 0 atom stereocenters. The van der Waals surface area contributed by atoms with Gasteiger partial charge in [0.25, 0.3) is 6.01 Å². The van der Waals surface area contributed by atoms with Gasteiger partial charge in [0.1, 0.15) is 17.9 Å². The van der Waals surface area contributed by atoms with Crippen molar-refractivity contribution in [1.29, 1.82) is 0 Å². The number of benzene rings is 2. The van der Waals surface area contributed by atoms with E-state index in [2.05, 4.69) is 20.5 Å². The molecule has 3 aromatic rings. The van der Waals surface area contributed by atoms with Gasteiger partial charge in [-0.1, -0.05) is 12.1 Å². The van der Waals surface area contributed by atoms with E-state index in [1.807, 2.05) is 42.5 Å². The molecule has 8 nitrogen and oxygen atoms in total. The maximum atomic E-state index is 11.2. The lowest BCUT2D eigenvalue weighted by molar-refractivity contribution is -0.114. The van der Waals surface area contributed by atoms with E-state index >= 15 is 0 Å². The molecule has 0 unspecified atom stereocenters. The Hall–Kier alpha value is -3.10. The summed E-state index contributed by atoms with van der Waals surface area (Å²) in [5, 5.41) is 6.04. The van der Waals surface area contributed by atoms with Gasteiger partial charge in [0.05, 0.1) is 13.2 Å². The molecule has 4 rings (SSSR count). The first-order valence-corrected chi connectivity index (χ1v) is 10.6. The average molecular weight is 425 g/mol. The van der Waals surface area contributed by atoms with Crippen LogP contribution >= 0.6 is 0 Å². The molecule has 1 amide bonds. The number of nitrogens with zero attached hydrogens (tertiary/aromatic N) is 2. The SMILES string of the molecule is CC(=O)Nc1cccc(COc2ccc3nc(NCCCN4CCOCC4)oc3c2)c1. The number of oxazole rings is 1. The minimum Gasteiger partial charge on any atom is -0.489 e. The molecule has 8 heteroatoms. The number of morpholine rings is 1. The van der Waals surface area contributed by atoms with Crippen molar-refractivity contribution in [3.8, 4) is 5.75 Å². The first-order chi connectivity index (χ1) is 15.2. The van der Waals surface area contributed by atoms with Crippen molar-refractivity contribution in [3.63, 3.8) is 0 Å². The number of aromatic nitrogens is 1. The molecule has 2 heterocycles. The average Bonchev–Trinajstić information content (AvgIpc) is 3.18. The fourth-order valence-corrected chi connectivity index (χ4v) is 3.50. The fraction of sp³-hybridized carbons (Fsp3) is 0.391. The fourth-order valence-electron chi connectivity index (χ4n) is 3.50. The lowest BCUT2D eigenvalue weighted by Gasteiger charge is -2.26. The highest BCUT2D eigenvalue weighted by molar-refractivity contribution is 5.88. The van der Waals surface area contributed by atoms with Crippen molar-refractivity contribution in [3.05, 3.63) is 48.0 Å². The van der Waals surface area contributed by atoms with Crippen molar-refractivity contribution in [2.24, 2.45) is 0 Å². The van der Waals surface area contributed by atoms with E-state index < -0.39 is 0 Å². The molecule has 1 aliphatic rings. The number of hydrogen-bond acceptors (Lipinski definition) is 7. The third kappa shape index (κ3) is 6.19. The van der Waals surface area contributed by atoms with Gasteiger partial charge < -0.3 is 24.5 Å². The highest BCUT2D eigenvalue weighted by atomic mass is 16.5. The van der Waals surface area contributed by atoms with Gasteiger partial charge in [-0.25, -0.2) is 0 Å². The summed E-state index contributed by atoms with van der Waals surface area (Å²) in [4.78, 5) is 18.1. The summed E-state index contributed by atoms with van der Waals surface area (Å²) < 4.78 is 17.1. The molecule has 1 aromatic heterocycles. The molecule has 0 aliphatic carbocycles. The number of rotatable bonds is 9. The molecule has 31 heavy (non-hydrogen) atoms. The summed E-state index contributed by atoms with van der Waals surface area (Å²) >= 11 is 0. The normalized spacial score (nSPS) is 14.5. The lowest BCUT2D eigenvalue weighted by atomic mass is 10.2. The Bertz CT molecular complexity index is 1010. The first-order valence-electron chi connectivity index (χ1n) is 10.6. The molecule has 1 aliphatic heterocycles. The maximum Gasteiger partial charge on any atom is 0.295 e. The molecule has 2 N–H and O–H groups in total. The van der Waals surface area contributed by atoms with E-state index in [-0.39, 0.29) is 5.91 Å². The van der Waals surface area contributed by atoms with Crippen LogP contribution in [0, 0.1) is 0 Å². The monoisotopic (exact) mass is 424 g/mol. The van der Waals surface area contributed by atoms with Crippen molar-refractivity contribution in [1.82, 2.24) is 9.88 Å². The quantitative estimate of drug-likeness (QED) is 0.508. The maximum absolute atomic E-state index is 11.2. The zero-order chi connectivity index (χ0) is 21.5. The lowest BCUT2D eigenvalue weighted by Crippen LogP contribution is -2.37. The summed E-state index contributed by atoms with van der Waals surface area (Å²) in [6, 6.07) is 13.7. The highest BCUT2D eigenvalue weighted by Crippen LogP contribution is 2.24. The summed E-state index contributed by atoms with van der Waals surface area (Å²) in [6.45, 7) is 7.37. The summed E-state index contributed by atoms with van der Waals surface area (Å²) in [7, 11) is 0. The van der Waals surface area contributed by atoms with Crippen molar-refractivity contribution >= 4 is 28.7 Å². The number of carbonyl (C=O) groups excluding carboxylic acids is 1. The Morgan fingerprint density at radius 1 is 1.19 bits per heavy atom. The van der Waals surface area contributed by atoms with Crippen molar-refractivity contribution in [2.45, 2.75) is 20.0 Å². The second-order valence-corrected chi connectivity index (χ2v) is 7.55. The van der Waals surface area contributed by atoms with Crippen LogP contribution < -0.4 is 15.4 Å². The Kier molecular flexibility index (Phi) is 7.01. The van der Waals surface area contributed by atoms with Gasteiger partial charge in [0.2, 0.25) is 5.91 Å². The van der Waals surface area contributed by atoms with E-state index in [1.165, 1.54) is 6.92 Å². The van der Waals surface area contributed by atoms with Crippen LogP contribution in [0.25, 0.3) is 11.1 Å². The van der Waals surface area contributed by atoms with E-state index in [9.17, 15) is 4.79 Å². The summed E-state index contributed by atoms with van der Waals surface area (Å²) in [5.74, 6) is 0.604. The standard InChI is InChI=1S/C23H28N4O4/c1-17(28)25-19-5-2-4-18(14-19)16-30-20-6-7-21-22(15-20)31-23(26-21)24-8-3-9-27-10-12-29-13-11-27/h2,4-7,14-15H,3,8-13,16H2,1H3,(H,24,26)(H,25,28). The second kappa shape index (κ2) is 10.3. The second-order valence-electron chi connectivity index (χ2n) is 7.55. The van der Waals surface area contributed by atoms with Gasteiger partial charge in [-0.3, -0.25) is 9.69 Å². The van der Waals surface area contributed by atoms with E-state index in [4.69, 9.17) is 13.9 Å². The summed E-state index contributed by atoms with van der Waals surface area (Å²) in [6.07, 6.45) is 1.02. The van der Waals surface area contributed by atoms with Gasteiger partial charge >= 0.3 is 0 Å². The van der Waals surface area contributed by atoms with Gasteiger partial charge in [0, 0.05) is 38.3 Å². The first kappa shape index (κ1) is 21.1. The molecular weight excluding hydrogens is 396 g/mol. The van der Waals surface area contributed by atoms with Gasteiger partial charge in [-0.15, -0.1) is 0 Å². The van der Waals surface area contributed by atoms with Crippen molar-refractivity contribution < 1.29 is 18.7 Å². The van der Waals surface area contributed by atoms with Crippen LogP contribution in [0.2, 0.25) is 0 Å². The largest absolute Gasteiger partial charge is 0.489 e. The Morgan fingerprint density at radius 3 is 2.90 bits per heavy atom. The summed E-state index contributed by atoms with van der Waals surface area (Å²) in [5.41, 5.74) is 3.19. The third-order valence-corrected chi connectivity index (χ3v) is 5.04. The Morgan fingerprint density at radius 2 is 2.06 bits per heavy atom. The van der Waals surface area contributed by atoms with Crippen molar-refractivity contribution in [2.75, 3.05) is 50.0 Å². The van der Waals surface area contributed by atoms with E-state index in [0.717, 1.165) is 62.6 Å². The minimum atomic E-state index is -0.0978. The van der Waals surface area contributed by atoms with Crippen LogP contribution in [-0.4, -0.2) is 55.2 Å². The van der Waals surface area contributed by atoms with Gasteiger partial charge in [-0.05, 0) is 42.8 Å². The Labute approximate surface area is 181 Å². The number of nitrogens with one attached hydrogen (secondary N) is 2.